The first-order valence-corrected chi connectivity index (χ1v) is 10.4. The number of aryl methyl sites for hydroxylation is 2. The van der Waals surface area contributed by atoms with Crippen molar-refractivity contribution < 1.29 is 14.3 Å². The molecule has 2 fully saturated rings. The van der Waals surface area contributed by atoms with Crippen LogP contribution in [-0.4, -0.2) is 42.5 Å². The number of hydrogen-bond donors (Lipinski definition) is 0. The van der Waals surface area contributed by atoms with Crippen LogP contribution in [0.4, 0.5) is 5.69 Å². The van der Waals surface area contributed by atoms with E-state index in [0.29, 0.717) is 25.1 Å². The highest BCUT2D eigenvalue weighted by molar-refractivity contribution is 5.97. The first-order chi connectivity index (χ1) is 14.0. The number of likely N-dealkylation sites (tertiary alicyclic amines) is 1. The van der Waals surface area contributed by atoms with Crippen LogP contribution in [0.25, 0.3) is 0 Å². The molecule has 29 heavy (non-hydrogen) atoms. The van der Waals surface area contributed by atoms with Gasteiger partial charge in [-0.2, -0.15) is 0 Å². The molecule has 0 radical (unpaired) electrons. The van der Waals surface area contributed by atoms with Gasteiger partial charge in [-0.3, -0.25) is 9.59 Å². The molecule has 0 bridgehead atoms. The van der Waals surface area contributed by atoms with E-state index in [9.17, 15) is 9.59 Å². The van der Waals surface area contributed by atoms with Crippen molar-refractivity contribution in [1.82, 2.24) is 4.90 Å². The van der Waals surface area contributed by atoms with E-state index >= 15 is 0 Å². The minimum atomic E-state index is 0.0504. The van der Waals surface area contributed by atoms with Crippen molar-refractivity contribution in [1.29, 1.82) is 0 Å². The summed E-state index contributed by atoms with van der Waals surface area (Å²) in [6, 6.07) is 13.7. The predicted octanol–water partition coefficient (Wildman–Crippen LogP) is 4.11. The first kappa shape index (κ1) is 19.5. The summed E-state index contributed by atoms with van der Waals surface area (Å²) in [5, 5.41) is 0. The third-order valence-corrected chi connectivity index (χ3v) is 5.87. The lowest BCUT2D eigenvalue weighted by Crippen LogP contribution is -2.41. The molecule has 2 aliphatic rings. The van der Waals surface area contributed by atoms with Crippen LogP contribution in [0, 0.1) is 13.8 Å². The largest absolute Gasteiger partial charge is 0.490 e. The molecule has 2 aromatic carbocycles. The quantitative estimate of drug-likeness (QED) is 0.787. The van der Waals surface area contributed by atoms with Crippen LogP contribution in [0.5, 0.6) is 5.75 Å². The summed E-state index contributed by atoms with van der Waals surface area (Å²) in [5.74, 6) is 1.16. The third-order valence-electron chi connectivity index (χ3n) is 5.87. The summed E-state index contributed by atoms with van der Waals surface area (Å²) < 4.78 is 6.21. The minimum absolute atomic E-state index is 0.0504. The lowest BCUT2D eigenvalue weighted by Gasteiger charge is -2.32. The van der Waals surface area contributed by atoms with Gasteiger partial charge in [0.2, 0.25) is 5.91 Å². The fourth-order valence-corrected chi connectivity index (χ4v) is 4.08. The van der Waals surface area contributed by atoms with Gasteiger partial charge < -0.3 is 14.5 Å². The van der Waals surface area contributed by atoms with E-state index in [2.05, 4.69) is 32.0 Å². The number of hydrogen-bond acceptors (Lipinski definition) is 3. The van der Waals surface area contributed by atoms with Gasteiger partial charge in [0.15, 0.2) is 0 Å². The number of benzene rings is 2. The second kappa shape index (κ2) is 8.27. The molecular formula is C24H28N2O3. The Hall–Kier alpha value is -2.82. The van der Waals surface area contributed by atoms with E-state index in [4.69, 9.17) is 4.74 Å². The number of nitrogens with zero attached hydrogens (tertiary/aromatic N) is 2. The number of anilines is 1. The van der Waals surface area contributed by atoms with Crippen LogP contribution in [0.15, 0.2) is 42.5 Å². The second-order valence-corrected chi connectivity index (χ2v) is 8.07. The standard InChI is InChI=1S/C24H28N2O3/c1-17-5-6-18(2)22(16-17)29-21-11-14-25(15-12-21)24(28)19-7-9-20(10-8-19)26-13-3-4-23(26)27/h5-10,16,21H,3-4,11-15H2,1-2H3. The van der Waals surface area contributed by atoms with E-state index in [1.165, 1.54) is 5.56 Å². The molecule has 4 rings (SSSR count). The summed E-state index contributed by atoms with van der Waals surface area (Å²) in [6.07, 6.45) is 3.32. The lowest BCUT2D eigenvalue weighted by molar-refractivity contribution is -0.117. The highest BCUT2D eigenvalue weighted by Gasteiger charge is 2.26. The van der Waals surface area contributed by atoms with Crippen LogP contribution >= 0.6 is 0 Å². The molecule has 2 aliphatic heterocycles. The highest BCUT2D eigenvalue weighted by atomic mass is 16.5. The Balaban J connectivity index is 1.34. The Kier molecular flexibility index (Phi) is 5.56. The average Bonchev–Trinajstić information content (AvgIpc) is 3.17. The number of piperidine rings is 1. The van der Waals surface area contributed by atoms with Gasteiger partial charge in [-0.15, -0.1) is 0 Å². The number of rotatable bonds is 4. The summed E-state index contributed by atoms with van der Waals surface area (Å²) >= 11 is 0. The molecule has 2 amide bonds. The zero-order chi connectivity index (χ0) is 20.4. The number of carbonyl (C=O) groups is 2. The van der Waals surface area contributed by atoms with Gasteiger partial charge in [-0.25, -0.2) is 0 Å². The summed E-state index contributed by atoms with van der Waals surface area (Å²) in [4.78, 5) is 28.4. The molecule has 2 saturated heterocycles. The normalized spacial score (nSPS) is 17.7. The molecule has 5 heteroatoms. The zero-order valence-corrected chi connectivity index (χ0v) is 17.2. The molecule has 0 spiro atoms. The molecular weight excluding hydrogens is 364 g/mol. The maximum atomic E-state index is 12.9. The molecule has 0 aromatic heterocycles. The SMILES string of the molecule is Cc1ccc(C)c(OC2CCN(C(=O)c3ccc(N4CCCC4=O)cc3)CC2)c1. The van der Waals surface area contributed by atoms with Crippen molar-refractivity contribution in [3.05, 3.63) is 59.2 Å². The van der Waals surface area contributed by atoms with E-state index in [1.807, 2.05) is 29.2 Å². The van der Waals surface area contributed by atoms with E-state index in [1.54, 1.807) is 4.90 Å². The van der Waals surface area contributed by atoms with Gasteiger partial charge in [-0.1, -0.05) is 12.1 Å². The second-order valence-electron chi connectivity index (χ2n) is 8.07. The monoisotopic (exact) mass is 392 g/mol. The van der Waals surface area contributed by atoms with Crippen molar-refractivity contribution in [2.45, 2.75) is 45.6 Å². The molecule has 2 heterocycles. The van der Waals surface area contributed by atoms with Crippen LogP contribution in [-0.2, 0) is 4.79 Å². The smallest absolute Gasteiger partial charge is 0.253 e. The van der Waals surface area contributed by atoms with Gasteiger partial charge in [0.05, 0.1) is 0 Å². The van der Waals surface area contributed by atoms with Crippen molar-refractivity contribution >= 4 is 17.5 Å². The van der Waals surface area contributed by atoms with Gasteiger partial charge >= 0.3 is 0 Å². The molecule has 0 atom stereocenters. The van der Waals surface area contributed by atoms with E-state index in [-0.39, 0.29) is 17.9 Å². The fourth-order valence-electron chi connectivity index (χ4n) is 4.08. The van der Waals surface area contributed by atoms with E-state index < -0.39 is 0 Å². The Morgan fingerprint density at radius 3 is 2.38 bits per heavy atom. The molecule has 5 nitrogen and oxygen atoms in total. The van der Waals surface area contributed by atoms with Gasteiger partial charge in [0.1, 0.15) is 11.9 Å². The predicted molar refractivity (Wildman–Crippen MR) is 113 cm³/mol. The van der Waals surface area contributed by atoms with Crippen molar-refractivity contribution in [3.63, 3.8) is 0 Å². The van der Waals surface area contributed by atoms with Crippen LogP contribution in [0.2, 0.25) is 0 Å². The van der Waals surface area contributed by atoms with Crippen LogP contribution in [0.1, 0.15) is 47.2 Å². The molecule has 0 saturated carbocycles. The Morgan fingerprint density at radius 2 is 1.72 bits per heavy atom. The van der Waals surface area contributed by atoms with Crippen LogP contribution < -0.4 is 9.64 Å². The first-order valence-electron chi connectivity index (χ1n) is 10.4. The number of ether oxygens (including phenoxy) is 1. The van der Waals surface area contributed by atoms with Gasteiger partial charge in [0, 0.05) is 50.1 Å². The average molecular weight is 392 g/mol. The molecule has 0 N–H and O–H groups in total. The maximum absolute atomic E-state index is 12.9. The van der Waals surface area contributed by atoms with Crippen molar-refractivity contribution in [2.24, 2.45) is 0 Å². The molecule has 0 unspecified atom stereocenters. The molecule has 2 aromatic rings. The number of carbonyl (C=O) groups excluding carboxylic acids is 2. The summed E-state index contributed by atoms with van der Waals surface area (Å²) in [7, 11) is 0. The van der Waals surface area contributed by atoms with Gasteiger partial charge in [0.25, 0.3) is 5.91 Å². The topological polar surface area (TPSA) is 49.9 Å². The minimum Gasteiger partial charge on any atom is -0.490 e. The molecule has 152 valence electrons. The summed E-state index contributed by atoms with van der Waals surface area (Å²) in [5.41, 5.74) is 3.89. The lowest BCUT2D eigenvalue weighted by atomic mass is 10.1. The van der Waals surface area contributed by atoms with E-state index in [0.717, 1.165) is 42.8 Å². The number of amides is 2. The van der Waals surface area contributed by atoms with Crippen molar-refractivity contribution in [2.75, 3.05) is 24.5 Å². The Bertz CT molecular complexity index is 899. The summed E-state index contributed by atoms with van der Waals surface area (Å²) in [6.45, 7) is 6.28. The molecule has 0 aliphatic carbocycles. The zero-order valence-electron chi connectivity index (χ0n) is 17.2. The highest BCUT2D eigenvalue weighted by Crippen LogP contribution is 2.25. The third kappa shape index (κ3) is 4.29. The van der Waals surface area contributed by atoms with Crippen LogP contribution in [0.3, 0.4) is 0 Å². The maximum Gasteiger partial charge on any atom is 0.253 e. The Morgan fingerprint density at radius 1 is 1.00 bits per heavy atom. The van der Waals surface area contributed by atoms with Gasteiger partial charge in [-0.05, 0) is 61.7 Å². The Labute approximate surface area is 172 Å². The van der Waals surface area contributed by atoms with Crippen molar-refractivity contribution in [3.8, 4) is 5.75 Å². The fraction of sp³-hybridized carbons (Fsp3) is 0.417.